The molecule has 0 spiro atoms. The first-order valence-corrected chi connectivity index (χ1v) is 6.32. The summed E-state index contributed by atoms with van der Waals surface area (Å²) >= 11 is 0. The maximum atomic E-state index is 13.4. The van der Waals surface area contributed by atoms with Crippen LogP contribution in [-0.2, 0) is 0 Å². The number of hydrogen-bond donors (Lipinski definition) is 2. The summed E-state index contributed by atoms with van der Waals surface area (Å²) in [6.45, 7) is 2.87. The van der Waals surface area contributed by atoms with Gasteiger partial charge in [-0.25, -0.2) is 4.39 Å². The average Bonchev–Trinajstić information content (AvgIpc) is 2.39. The highest BCUT2D eigenvalue weighted by molar-refractivity contribution is 5.96. The number of ketones is 1. The van der Waals surface area contributed by atoms with E-state index in [9.17, 15) is 9.18 Å². The predicted molar refractivity (Wildman–Crippen MR) is 70.7 cm³/mol. The van der Waals surface area contributed by atoms with Gasteiger partial charge in [0.05, 0.1) is 13.2 Å². The Morgan fingerprint density at radius 3 is 2.37 bits per heavy atom. The van der Waals surface area contributed by atoms with Gasteiger partial charge in [0, 0.05) is 31.6 Å². The van der Waals surface area contributed by atoms with Gasteiger partial charge >= 0.3 is 0 Å². The lowest BCUT2D eigenvalue weighted by molar-refractivity contribution is 0.0946. The first-order chi connectivity index (χ1) is 9.08. The van der Waals surface area contributed by atoms with Crippen molar-refractivity contribution in [2.24, 2.45) is 0 Å². The number of aryl methyl sites for hydroxylation is 1. The smallest absolute Gasteiger partial charge is 0.164 e. The van der Waals surface area contributed by atoms with Gasteiger partial charge in [0.25, 0.3) is 0 Å². The number of aliphatic hydroxyl groups is 2. The Bertz CT molecular complexity index is 417. The van der Waals surface area contributed by atoms with Gasteiger partial charge in [-0.15, -0.1) is 0 Å². The molecule has 0 atom stereocenters. The minimum atomic E-state index is -0.381. The number of hydrogen-bond acceptors (Lipinski definition) is 4. The highest BCUT2D eigenvalue weighted by atomic mass is 19.1. The summed E-state index contributed by atoms with van der Waals surface area (Å²) in [6, 6.07) is 4.45. The van der Waals surface area contributed by atoms with E-state index in [-0.39, 0.29) is 31.2 Å². The lowest BCUT2D eigenvalue weighted by Gasteiger charge is -2.19. The number of rotatable bonds is 8. The number of aliphatic hydroxyl groups excluding tert-OH is 2. The molecule has 0 fully saturated rings. The van der Waals surface area contributed by atoms with Crippen LogP contribution in [0.25, 0.3) is 0 Å². The molecular weight excluding hydrogens is 249 g/mol. The number of nitrogens with zero attached hydrogens (tertiary/aromatic N) is 1. The van der Waals surface area contributed by atoms with E-state index in [0.29, 0.717) is 30.8 Å². The quantitative estimate of drug-likeness (QED) is 0.691. The summed E-state index contributed by atoms with van der Waals surface area (Å²) in [5.41, 5.74) is 0.870. The largest absolute Gasteiger partial charge is 0.395 e. The molecule has 0 bridgehead atoms. The molecule has 2 N–H and O–H groups in total. The van der Waals surface area contributed by atoms with Crippen molar-refractivity contribution < 1.29 is 19.4 Å². The van der Waals surface area contributed by atoms with Crippen LogP contribution in [0.3, 0.4) is 0 Å². The van der Waals surface area contributed by atoms with Gasteiger partial charge in [-0.05, 0) is 18.6 Å². The van der Waals surface area contributed by atoms with Crippen LogP contribution in [0.1, 0.15) is 22.3 Å². The standard InChI is InChI=1S/C14H20FNO3/c1-11-2-3-12(10-13(11)15)14(19)4-5-16(6-8-17)7-9-18/h2-3,10,17-18H,4-9H2,1H3. The Morgan fingerprint density at radius 1 is 1.21 bits per heavy atom. The maximum Gasteiger partial charge on any atom is 0.164 e. The van der Waals surface area contributed by atoms with E-state index in [2.05, 4.69) is 0 Å². The molecule has 106 valence electrons. The van der Waals surface area contributed by atoms with Crippen molar-refractivity contribution in [3.8, 4) is 0 Å². The molecule has 0 amide bonds. The van der Waals surface area contributed by atoms with Crippen LogP contribution >= 0.6 is 0 Å². The molecule has 0 saturated carbocycles. The van der Waals surface area contributed by atoms with E-state index >= 15 is 0 Å². The van der Waals surface area contributed by atoms with E-state index in [1.807, 2.05) is 0 Å². The second-order valence-corrected chi connectivity index (χ2v) is 4.43. The molecule has 19 heavy (non-hydrogen) atoms. The topological polar surface area (TPSA) is 60.8 Å². The second kappa shape index (κ2) is 7.99. The zero-order valence-corrected chi connectivity index (χ0v) is 11.1. The minimum absolute atomic E-state index is 0.0205. The fraction of sp³-hybridized carbons (Fsp3) is 0.500. The Morgan fingerprint density at radius 2 is 1.84 bits per heavy atom. The normalized spacial score (nSPS) is 11.0. The Labute approximate surface area is 112 Å². The zero-order valence-electron chi connectivity index (χ0n) is 11.1. The van der Waals surface area contributed by atoms with Crippen LogP contribution in [0.4, 0.5) is 4.39 Å². The van der Waals surface area contributed by atoms with Crippen LogP contribution in [0.15, 0.2) is 18.2 Å². The van der Waals surface area contributed by atoms with E-state index in [4.69, 9.17) is 10.2 Å². The summed E-state index contributed by atoms with van der Waals surface area (Å²) in [5.74, 6) is -0.520. The Hall–Kier alpha value is -1.30. The lowest BCUT2D eigenvalue weighted by atomic mass is 10.1. The molecule has 0 aromatic heterocycles. The van der Waals surface area contributed by atoms with Crippen LogP contribution in [0.5, 0.6) is 0 Å². The van der Waals surface area contributed by atoms with Gasteiger partial charge in [-0.2, -0.15) is 0 Å². The molecular formula is C14H20FNO3. The fourth-order valence-electron chi connectivity index (χ4n) is 1.79. The fourth-order valence-corrected chi connectivity index (χ4v) is 1.79. The molecule has 1 aromatic carbocycles. The molecule has 1 rings (SSSR count). The van der Waals surface area contributed by atoms with Gasteiger partial charge in [0.15, 0.2) is 5.78 Å². The molecule has 5 heteroatoms. The van der Waals surface area contributed by atoms with Gasteiger partial charge in [-0.3, -0.25) is 9.69 Å². The van der Waals surface area contributed by atoms with Gasteiger partial charge in [0.1, 0.15) is 5.82 Å². The Kier molecular flexibility index (Phi) is 6.62. The molecule has 0 heterocycles. The average molecular weight is 269 g/mol. The van der Waals surface area contributed by atoms with Gasteiger partial charge in [0.2, 0.25) is 0 Å². The number of Topliss-reactive ketones (excluding diaryl/α,β-unsaturated/α-hetero) is 1. The number of carbonyl (C=O) groups is 1. The summed E-state index contributed by atoms with van der Waals surface area (Å²) in [5, 5.41) is 17.7. The van der Waals surface area contributed by atoms with Crippen molar-refractivity contribution >= 4 is 5.78 Å². The highest BCUT2D eigenvalue weighted by Crippen LogP contribution is 2.11. The van der Waals surface area contributed by atoms with Crippen molar-refractivity contribution in [1.82, 2.24) is 4.90 Å². The number of benzene rings is 1. The van der Waals surface area contributed by atoms with Crippen LogP contribution in [0.2, 0.25) is 0 Å². The van der Waals surface area contributed by atoms with Crippen LogP contribution in [0, 0.1) is 12.7 Å². The molecule has 0 aliphatic rings. The van der Waals surface area contributed by atoms with E-state index in [0.717, 1.165) is 0 Å². The molecule has 0 aliphatic heterocycles. The summed E-state index contributed by atoms with van der Waals surface area (Å²) in [4.78, 5) is 13.7. The molecule has 0 saturated heterocycles. The highest BCUT2D eigenvalue weighted by Gasteiger charge is 2.11. The van der Waals surface area contributed by atoms with Crippen LogP contribution < -0.4 is 0 Å². The predicted octanol–water partition coefficient (Wildman–Crippen LogP) is 0.994. The second-order valence-electron chi connectivity index (χ2n) is 4.43. The molecule has 0 aliphatic carbocycles. The third-order valence-electron chi connectivity index (χ3n) is 2.98. The van der Waals surface area contributed by atoms with E-state index in [1.165, 1.54) is 6.07 Å². The minimum Gasteiger partial charge on any atom is -0.395 e. The van der Waals surface area contributed by atoms with Gasteiger partial charge < -0.3 is 10.2 Å². The molecule has 0 radical (unpaired) electrons. The van der Waals surface area contributed by atoms with Gasteiger partial charge in [-0.1, -0.05) is 12.1 Å². The number of carbonyl (C=O) groups excluding carboxylic acids is 1. The molecule has 0 unspecified atom stereocenters. The van der Waals surface area contributed by atoms with Crippen molar-refractivity contribution in [3.63, 3.8) is 0 Å². The summed E-state index contributed by atoms with van der Waals surface area (Å²) < 4.78 is 13.4. The summed E-state index contributed by atoms with van der Waals surface area (Å²) in [7, 11) is 0. The lowest BCUT2D eigenvalue weighted by Crippen LogP contribution is -2.31. The van der Waals surface area contributed by atoms with E-state index < -0.39 is 0 Å². The van der Waals surface area contributed by atoms with Crippen molar-refractivity contribution in [2.75, 3.05) is 32.8 Å². The molecule has 1 aromatic rings. The molecule has 4 nitrogen and oxygen atoms in total. The van der Waals surface area contributed by atoms with Crippen LogP contribution in [-0.4, -0.2) is 53.7 Å². The SMILES string of the molecule is Cc1ccc(C(=O)CCN(CCO)CCO)cc1F. The third kappa shape index (κ3) is 5.06. The summed E-state index contributed by atoms with van der Waals surface area (Å²) in [6.07, 6.45) is 0.239. The van der Waals surface area contributed by atoms with E-state index in [1.54, 1.807) is 24.0 Å². The maximum absolute atomic E-state index is 13.4. The van der Waals surface area contributed by atoms with Crippen molar-refractivity contribution in [3.05, 3.63) is 35.1 Å². The van der Waals surface area contributed by atoms with Crippen molar-refractivity contribution in [2.45, 2.75) is 13.3 Å². The first-order valence-electron chi connectivity index (χ1n) is 6.32. The zero-order chi connectivity index (χ0) is 14.3. The van der Waals surface area contributed by atoms with Crippen molar-refractivity contribution in [1.29, 1.82) is 0 Å². The Balaban J connectivity index is 2.56. The number of halogens is 1. The first kappa shape index (κ1) is 15.8. The monoisotopic (exact) mass is 269 g/mol. The third-order valence-corrected chi connectivity index (χ3v) is 2.98.